The lowest BCUT2D eigenvalue weighted by Crippen LogP contribution is -2.35. The molecule has 6 nitrogen and oxygen atoms in total. The Balaban J connectivity index is 0.000000551. The van der Waals surface area contributed by atoms with Crippen molar-refractivity contribution in [2.75, 3.05) is 13.2 Å². The molecule has 10 heteroatoms. The summed E-state index contributed by atoms with van der Waals surface area (Å²) in [5, 5.41) is 0.211. The number of rotatable bonds is 7. The SMILES string of the molecule is CCOC(=O)C(C)(C)Br.CCOC(=O)C(C)(C)C(=O)c1ccccc1Cl.O=C(Cl)c1ccccc1Cl. The second-order valence-electron chi connectivity index (χ2n) is 8.10. The van der Waals surface area contributed by atoms with Crippen molar-refractivity contribution in [2.24, 2.45) is 5.41 Å². The monoisotopic (exact) mass is 622 g/mol. The molecule has 0 heterocycles. The van der Waals surface area contributed by atoms with Crippen molar-refractivity contribution in [1.29, 1.82) is 0 Å². The van der Waals surface area contributed by atoms with E-state index in [1.807, 2.05) is 0 Å². The van der Waals surface area contributed by atoms with E-state index in [1.54, 1.807) is 76.2 Å². The summed E-state index contributed by atoms with van der Waals surface area (Å²) in [6.07, 6.45) is 0. The van der Waals surface area contributed by atoms with Gasteiger partial charge in [-0.3, -0.25) is 19.2 Å². The molecule has 36 heavy (non-hydrogen) atoms. The number of carbonyl (C=O) groups excluding carboxylic acids is 4. The Morgan fingerprint density at radius 2 is 1.14 bits per heavy atom. The first kappa shape index (κ1) is 34.1. The van der Waals surface area contributed by atoms with E-state index in [9.17, 15) is 19.2 Å². The van der Waals surface area contributed by atoms with Crippen LogP contribution in [0.5, 0.6) is 0 Å². The van der Waals surface area contributed by atoms with Gasteiger partial charge >= 0.3 is 11.9 Å². The number of benzene rings is 2. The van der Waals surface area contributed by atoms with Gasteiger partial charge in [0.15, 0.2) is 5.78 Å². The summed E-state index contributed by atoms with van der Waals surface area (Å²) >= 11 is 19.9. The molecule has 0 aliphatic carbocycles. The Kier molecular flexibility index (Phi) is 15.2. The Morgan fingerprint density at radius 3 is 1.44 bits per heavy atom. The number of halogens is 4. The van der Waals surface area contributed by atoms with E-state index < -0.39 is 21.0 Å². The highest BCUT2D eigenvalue weighted by molar-refractivity contribution is 9.10. The van der Waals surface area contributed by atoms with Gasteiger partial charge in [-0.05, 0) is 77.4 Å². The quantitative estimate of drug-likeness (QED) is 0.104. The number of alkyl halides is 1. The van der Waals surface area contributed by atoms with Gasteiger partial charge in [-0.15, -0.1) is 0 Å². The summed E-state index contributed by atoms with van der Waals surface area (Å²) in [5.41, 5.74) is -0.529. The molecule has 0 atom stereocenters. The van der Waals surface area contributed by atoms with Crippen LogP contribution in [0, 0.1) is 5.41 Å². The number of ketones is 1. The van der Waals surface area contributed by atoms with Crippen molar-refractivity contribution in [3.05, 3.63) is 69.7 Å². The molecular formula is C26H30BrCl3O6. The molecule has 0 N–H and O–H groups in total. The van der Waals surface area contributed by atoms with Gasteiger partial charge < -0.3 is 9.47 Å². The van der Waals surface area contributed by atoms with E-state index in [1.165, 1.54) is 13.8 Å². The van der Waals surface area contributed by atoms with Gasteiger partial charge in [0.25, 0.3) is 5.24 Å². The minimum Gasteiger partial charge on any atom is -0.465 e. The lowest BCUT2D eigenvalue weighted by molar-refractivity contribution is -0.150. The molecule has 0 spiro atoms. The third kappa shape index (κ3) is 11.4. The normalized spacial score (nSPS) is 10.6. The molecule has 198 valence electrons. The molecule has 2 aromatic carbocycles. The molecular weight excluding hydrogens is 595 g/mol. The summed E-state index contributed by atoms with van der Waals surface area (Å²) in [5.74, 6) is -1.09. The summed E-state index contributed by atoms with van der Waals surface area (Å²) in [4.78, 5) is 45.3. The number of Topliss-reactive ketones (excluding diaryl/α,β-unsaturated/α-hetero) is 1. The van der Waals surface area contributed by atoms with Crippen LogP contribution in [0.25, 0.3) is 0 Å². The molecule has 2 rings (SSSR count). The van der Waals surface area contributed by atoms with Gasteiger partial charge in [0.2, 0.25) is 0 Å². The fourth-order valence-corrected chi connectivity index (χ4v) is 3.08. The molecule has 0 fully saturated rings. The van der Waals surface area contributed by atoms with Crippen LogP contribution in [0.1, 0.15) is 62.3 Å². The van der Waals surface area contributed by atoms with Crippen LogP contribution in [0.2, 0.25) is 10.0 Å². The minimum absolute atomic E-state index is 0.218. The van der Waals surface area contributed by atoms with Crippen molar-refractivity contribution in [3.63, 3.8) is 0 Å². The summed E-state index contributed by atoms with van der Waals surface area (Å²) in [7, 11) is 0. The van der Waals surface area contributed by atoms with E-state index in [2.05, 4.69) is 15.9 Å². The highest BCUT2D eigenvalue weighted by atomic mass is 79.9. The fourth-order valence-electron chi connectivity index (χ4n) is 2.31. The minimum atomic E-state index is -1.22. The number of ether oxygens (including phenoxy) is 2. The van der Waals surface area contributed by atoms with Gasteiger partial charge in [-0.1, -0.05) is 63.4 Å². The Bertz CT molecular complexity index is 1050. The van der Waals surface area contributed by atoms with Crippen molar-refractivity contribution in [3.8, 4) is 0 Å². The molecule has 2 aromatic rings. The van der Waals surface area contributed by atoms with Crippen molar-refractivity contribution in [2.45, 2.75) is 45.9 Å². The first-order chi connectivity index (χ1) is 16.6. The Morgan fingerprint density at radius 1 is 0.750 bits per heavy atom. The number of hydrogen-bond acceptors (Lipinski definition) is 6. The average Bonchev–Trinajstić information content (AvgIpc) is 2.79. The zero-order chi connectivity index (χ0) is 28.1. The maximum absolute atomic E-state index is 12.2. The van der Waals surface area contributed by atoms with Crippen molar-refractivity contribution < 1.29 is 28.7 Å². The largest absolute Gasteiger partial charge is 0.465 e. The maximum Gasteiger partial charge on any atom is 0.322 e. The summed E-state index contributed by atoms with van der Waals surface area (Å²) < 4.78 is 9.07. The van der Waals surface area contributed by atoms with E-state index in [0.717, 1.165) is 0 Å². The Hall–Kier alpha value is -1.93. The first-order valence-electron chi connectivity index (χ1n) is 10.9. The van der Waals surface area contributed by atoms with Gasteiger partial charge in [0.05, 0.1) is 28.8 Å². The molecule has 0 bridgehead atoms. The molecule has 0 aliphatic rings. The van der Waals surface area contributed by atoms with Crippen molar-refractivity contribution in [1.82, 2.24) is 0 Å². The highest BCUT2D eigenvalue weighted by Crippen LogP contribution is 2.27. The zero-order valence-electron chi connectivity index (χ0n) is 21.0. The van der Waals surface area contributed by atoms with Crippen LogP contribution in [-0.2, 0) is 19.1 Å². The first-order valence-corrected chi connectivity index (χ1v) is 12.8. The second kappa shape index (κ2) is 16.0. The fraction of sp³-hybridized carbons (Fsp3) is 0.385. The van der Waals surface area contributed by atoms with E-state index in [0.29, 0.717) is 27.8 Å². The van der Waals surface area contributed by atoms with Crippen LogP contribution in [-0.4, -0.2) is 40.5 Å². The molecule has 0 amide bonds. The number of carbonyl (C=O) groups is 4. The van der Waals surface area contributed by atoms with Gasteiger partial charge in [-0.2, -0.15) is 0 Å². The summed E-state index contributed by atoms with van der Waals surface area (Å²) in [6.45, 7) is 10.8. The van der Waals surface area contributed by atoms with Crippen LogP contribution < -0.4 is 0 Å². The number of esters is 2. The molecule has 0 unspecified atom stereocenters. The lowest BCUT2D eigenvalue weighted by Gasteiger charge is -2.21. The van der Waals surface area contributed by atoms with Gasteiger partial charge in [0, 0.05) is 5.56 Å². The topological polar surface area (TPSA) is 86.7 Å². The lowest BCUT2D eigenvalue weighted by atomic mass is 9.84. The van der Waals surface area contributed by atoms with Gasteiger partial charge in [-0.25, -0.2) is 0 Å². The maximum atomic E-state index is 12.2. The smallest absolute Gasteiger partial charge is 0.322 e. The predicted octanol–water partition coefficient (Wildman–Crippen LogP) is 7.55. The second-order valence-corrected chi connectivity index (χ2v) is 11.2. The van der Waals surface area contributed by atoms with E-state index >= 15 is 0 Å². The highest BCUT2D eigenvalue weighted by Gasteiger charge is 2.38. The molecule has 0 saturated heterocycles. The van der Waals surface area contributed by atoms with Crippen LogP contribution in [0.4, 0.5) is 0 Å². The third-order valence-corrected chi connectivity index (χ3v) is 5.50. The predicted molar refractivity (Wildman–Crippen MR) is 147 cm³/mol. The van der Waals surface area contributed by atoms with E-state index in [-0.39, 0.29) is 18.4 Å². The zero-order valence-corrected chi connectivity index (χ0v) is 24.8. The average molecular weight is 625 g/mol. The van der Waals surface area contributed by atoms with Crippen LogP contribution >= 0.6 is 50.7 Å². The molecule has 0 radical (unpaired) electrons. The third-order valence-electron chi connectivity index (χ3n) is 4.32. The summed E-state index contributed by atoms with van der Waals surface area (Å²) in [6, 6.07) is 13.3. The van der Waals surface area contributed by atoms with Gasteiger partial charge in [0.1, 0.15) is 9.74 Å². The molecule has 0 aliphatic heterocycles. The van der Waals surface area contributed by atoms with Crippen molar-refractivity contribution >= 4 is 73.7 Å². The molecule has 0 saturated carbocycles. The Labute approximate surface area is 235 Å². The van der Waals surface area contributed by atoms with E-state index in [4.69, 9.17) is 44.3 Å². The van der Waals surface area contributed by atoms with Crippen LogP contribution in [0.15, 0.2) is 48.5 Å². The standard InChI is InChI=1S/C13H15ClO3.C7H4Cl2O.C6H11BrO2/c1-4-17-12(16)13(2,3)11(15)9-7-5-6-8-10(9)14;8-6-4-2-1-3-5(6)7(9)10;1-4-9-5(8)6(2,3)7/h5-8H,4H2,1-3H3;1-4H;4H2,1-3H3. The number of hydrogen-bond donors (Lipinski definition) is 0. The van der Waals surface area contributed by atoms with Crippen LogP contribution in [0.3, 0.4) is 0 Å². The molecule has 0 aromatic heterocycles.